The second kappa shape index (κ2) is 5.15. The molecule has 0 spiro atoms. The summed E-state index contributed by atoms with van der Waals surface area (Å²) in [6, 6.07) is 0.621. The molecule has 0 bridgehead atoms. The van der Waals surface area contributed by atoms with Crippen LogP contribution in [0, 0.1) is 0 Å². The Balaban J connectivity index is 2.07. The van der Waals surface area contributed by atoms with Gasteiger partial charge in [0.1, 0.15) is 0 Å². The number of amides is 1. The molecule has 0 unspecified atom stereocenters. The lowest BCUT2D eigenvalue weighted by Crippen LogP contribution is -2.62. The maximum atomic E-state index is 11.2. The Morgan fingerprint density at radius 3 is 2.38 bits per heavy atom. The van der Waals surface area contributed by atoms with Gasteiger partial charge in [-0.2, -0.15) is 0 Å². The number of likely N-dealkylation sites (tertiary alicyclic amines) is 1. The maximum absolute atomic E-state index is 11.2. The molecule has 4 heteroatoms. The number of piperidine rings is 2. The van der Waals surface area contributed by atoms with E-state index in [1.165, 1.54) is 32.1 Å². The highest BCUT2D eigenvalue weighted by atomic mass is 16.1. The summed E-state index contributed by atoms with van der Waals surface area (Å²) in [5.41, 5.74) is 7.29. The number of hydrogen-bond donors (Lipinski definition) is 1. The Morgan fingerprint density at radius 2 is 1.81 bits per heavy atom. The van der Waals surface area contributed by atoms with Crippen LogP contribution in [0.1, 0.15) is 32.1 Å². The van der Waals surface area contributed by atoms with Crippen LogP contribution in [0.3, 0.4) is 0 Å². The van der Waals surface area contributed by atoms with Gasteiger partial charge in [0, 0.05) is 25.9 Å². The summed E-state index contributed by atoms with van der Waals surface area (Å²) in [5, 5.41) is 3.38. The number of quaternary nitrogens is 1. The fourth-order valence-electron chi connectivity index (χ4n) is 3.43. The largest absolute Gasteiger partial charge is 0.316 e. The van der Waals surface area contributed by atoms with E-state index >= 15 is 0 Å². The molecule has 0 atom stereocenters. The molecule has 0 aliphatic carbocycles. The van der Waals surface area contributed by atoms with Crippen LogP contribution in [0.25, 0.3) is 0 Å². The third-order valence-electron chi connectivity index (χ3n) is 4.25. The third-order valence-corrected chi connectivity index (χ3v) is 4.25. The molecule has 2 saturated heterocycles. The van der Waals surface area contributed by atoms with E-state index in [-0.39, 0.29) is 5.91 Å². The predicted octanol–water partition coefficient (Wildman–Crippen LogP) is 0.549. The van der Waals surface area contributed by atoms with E-state index in [1.807, 2.05) is 0 Å². The molecular weight excluding hydrogens is 202 g/mol. The molecule has 1 radical (unpaired) electrons. The number of hydrogen-bond acceptors (Lipinski definition) is 2. The lowest BCUT2D eigenvalue weighted by Gasteiger charge is -2.47. The first-order valence-electron chi connectivity index (χ1n) is 6.54. The smallest absolute Gasteiger partial charge is 0.293 e. The lowest BCUT2D eigenvalue weighted by atomic mass is 9.96. The van der Waals surface area contributed by atoms with Crippen LogP contribution in [0.5, 0.6) is 0 Å². The van der Waals surface area contributed by atoms with Gasteiger partial charge < -0.3 is 9.80 Å². The highest BCUT2D eigenvalue weighted by Gasteiger charge is 2.39. The Kier molecular flexibility index (Phi) is 3.82. The Hall–Kier alpha value is -0.610. The standard InChI is InChI=1S/C12H23N3O/c13-12(16)10-15(8-2-1-3-9-15)11-4-6-14-7-5-11/h11,13-14H,1-10H2/q+1. The number of carbonyl (C=O) groups is 1. The van der Waals surface area contributed by atoms with E-state index in [0.29, 0.717) is 12.6 Å². The Morgan fingerprint density at radius 1 is 1.19 bits per heavy atom. The zero-order chi connectivity index (χ0) is 11.4. The van der Waals surface area contributed by atoms with Crippen molar-refractivity contribution in [3.63, 3.8) is 0 Å². The van der Waals surface area contributed by atoms with Crippen molar-refractivity contribution in [2.75, 3.05) is 32.7 Å². The summed E-state index contributed by atoms with van der Waals surface area (Å²) >= 11 is 0. The summed E-state index contributed by atoms with van der Waals surface area (Å²) in [6.07, 6.45) is 6.12. The number of nitrogens with one attached hydrogen (secondary N) is 2. The fourth-order valence-corrected chi connectivity index (χ4v) is 3.43. The summed E-state index contributed by atoms with van der Waals surface area (Å²) in [4.78, 5) is 11.2. The van der Waals surface area contributed by atoms with Crippen molar-refractivity contribution in [2.24, 2.45) is 0 Å². The second-order valence-electron chi connectivity index (χ2n) is 5.29. The molecule has 0 aromatic carbocycles. The molecular formula is C12H23N3O+. The van der Waals surface area contributed by atoms with E-state index in [9.17, 15) is 4.79 Å². The van der Waals surface area contributed by atoms with Crippen LogP contribution in [0.2, 0.25) is 0 Å². The summed E-state index contributed by atoms with van der Waals surface area (Å²) < 4.78 is 0.921. The molecule has 2 aliphatic heterocycles. The molecule has 0 saturated carbocycles. The van der Waals surface area contributed by atoms with Crippen LogP contribution in [0.15, 0.2) is 0 Å². The van der Waals surface area contributed by atoms with E-state index in [1.54, 1.807) is 0 Å². The topological polar surface area (TPSA) is 52.9 Å². The van der Waals surface area contributed by atoms with Crippen molar-refractivity contribution in [1.82, 2.24) is 11.1 Å². The van der Waals surface area contributed by atoms with Gasteiger partial charge in [-0.3, -0.25) is 10.5 Å². The van der Waals surface area contributed by atoms with E-state index in [4.69, 9.17) is 5.73 Å². The first-order chi connectivity index (χ1) is 7.73. The van der Waals surface area contributed by atoms with Gasteiger partial charge in [-0.1, -0.05) is 0 Å². The van der Waals surface area contributed by atoms with Crippen molar-refractivity contribution >= 4 is 5.91 Å². The molecule has 16 heavy (non-hydrogen) atoms. The van der Waals surface area contributed by atoms with Gasteiger partial charge in [-0.05, 0) is 19.3 Å². The fraction of sp³-hybridized carbons (Fsp3) is 0.917. The van der Waals surface area contributed by atoms with Crippen molar-refractivity contribution in [3.8, 4) is 0 Å². The Bertz CT molecular complexity index is 243. The number of rotatable bonds is 3. The van der Waals surface area contributed by atoms with Gasteiger partial charge in [0.25, 0.3) is 5.91 Å². The average Bonchev–Trinajstić information content (AvgIpc) is 2.30. The number of nitrogens with zero attached hydrogens (tertiary/aromatic N) is 1. The van der Waals surface area contributed by atoms with Crippen LogP contribution in [0.4, 0.5) is 0 Å². The molecule has 91 valence electrons. The van der Waals surface area contributed by atoms with Gasteiger partial charge in [0.05, 0.1) is 19.1 Å². The highest BCUT2D eigenvalue weighted by molar-refractivity contribution is 5.74. The molecule has 2 N–H and O–H groups in total. The molecule has 2 aliphatic rings. The zero-order valence-corrected chi connectivity index (χ0v) is 10.0. The molecule has 2 heterocycles. The van der Waals surface area contributed by atoms with Gasteiger partial charge in [0.15, 0.2) is 6.54 Å². The van der Waals surface area contributed by atoms with Gasteiger partial charge in [0.2, 0.25) is 0 Å². The quantitative estimate of drug-likeness (QED) is 0.713. The first kappa shape index (κ1) is 11.9. The van der Waals surface area contributed by atoms with Crippen LogP contribution < -0.4 is 11.1 Å². The Labute approximate surface area is 97.8 Å². The van der Waals surface area contributed by atoms with E-state index in [0.717, 1.165) is 30.7 Å². The minimum absolute atomic E-state index is 0.375. The number of carbonyl (C=O) groups excluding carboxylic acids is 1. The SMILES string of the molecule is [NH]C(=O)C[N+]1(C2CCNCC2)CCCCC1. The van der Waals surface area contributed by atoms with Crippen LogP contribution >= 0.6 is 0 Å². The van der Waals surface area contributed by atoms with Crippen molar-refractivity contribution in [2.45, 2.75) is 38.1 Å². The van der Waals surface area contributed by atoms with Crippen molar-refractivity contribution in [3.05, 3.63) is 0 Å². The molecule has 2 fully saturated rings. The summed E-state index contributed by atoms with van der Waals surface area (Å²) in [7, 11) is 0. The lowest BCUT2D eigenvalue weighted by molar-refractivity contribution is -0.949. The van der Waals surface area contributed by atoms with Gasteiger partial charge >= 0.3 is 0 Å². The monoisotopic (exact) mass is 225 g/mol. The van der Waals surface area contributed by atoms with Crippen molar-refractivity contribution in [1.29, 1.82) is 0 Å². The first-order valence-corrected chi connectivity index (χ1v) is 6.54. The predicted molar refractivity (Wildman–Crippen MR) is 62.7 cm³/mol. The molecule has 2 rings (SSSR count). The molecule has 1 amide bonds. The average molecular weight is 225 g/mol. The molecule has 4 nitrogen and oxygen atoms in total. The molecule has 0 aromatic rings. The van der Waals surface area contributed by atoms with Gasteiger partial charge in [-0.15, -0.1) is 0 Å². The minimum atomic E-state index is -0.375. The van der Waals surface area contributed by atoms with Crippen LogP contribution in [-0.2, 0) is 4.79 Å². The van der Waals surface area contributed by atoms with E-state index in [2.05, 4.69) is 5.32 Å². The van der Waals surface area contributed by atoms with Gasteiger partial charge in [-0.25, -0.2) is 0 Å². The minimum Gasteiger partial charge on any atom is -0.316 e. The summed E-state index contributed by atoms with van der Waals surface area (Å²) in [5.74, 6) is -0.375. The van der Waals surface area contributed by atoms with Crippen LogP contribution in [-0.4, -0.2) is 49.2 Å². The van der Waals surface area contributed by atoms with E-state index < -0.39 is 0 Å². The van der Waals surface area contributed by atoms with Crippen molar-refractivity contribution < 1.29 is 9.28 Å². The highest BCUT2D eigenvalue weighted by Crippen LogP contribution is 2.27. The normalized spacial score (nSPS) is 26.5. The summed E-state index contributed by atoms with van der Waals surface area (Å²) in [6.45, 7) is 4.85. The molecule has 0 aromatic heterocycles. The second-order valence-corrected chi connectivity index (χ2v) is 5.29. The zero-order valence-electron chi connectivity index (χ0n) is 10.0. The third kappa shape index (κ3) is 2.55. The maximum Gasteiger partial charge on any atom is 0.293 e.